The van der Waals surface area contributed by atoms with Gasteiger partial charge in [0.1, 0.15) is 0 Å². The average molecular weight is 376 g/mol. The maximum atomic E-state index is 12.2. The summed E-state index contributed by atoms with van der Waals surface area (Å²) in [5.41, 5.74) is 0.561. The van der Waals surface area contributed by atoms with Crippen LogP contribution in [-0.2, 0) is 9.84 Å². The van der Waals surface area contributed by atoms with Gasteiger partial charge in [0.05, 0.1) is 16.8 Å². The molecule has 2 aromatic rings. The van der Waals surface area contributed by atoms with Gasteiger partial charge in [-0.15, -0.1) is 0 Å². The third kappa shape index (κ3) is 3.82. The summed E-state index contributed by atoms with van der Waals surface area (Å²) < 4.78 is 25.2. The van der Waals surface area contributed by atoms with Crippen LogP contribution in [0.4, 0.5) is 0 Å². The molecule has 0 aromatic heterocycles. The highest BCUT2D eigenvalue weighted by atomic mass is 79.9. The summed E-state index contributed by atoms with van der Waals surface area (Å²) >= 11 is 9.02. The Hall–Kier alpha value is -0.880. The Bertz CT molecular complexity index is 681. The van der Waals surface area contributed by atoms with E-state index in [0.29, 0.717) is 10.6 Å². The molecular weight excluding hydrogens is 364 g/mol. The standard InChI is InChI=1S/C14H12BrClO3S/c15-11-3-1-10(2-4-11)14(17)9-20(18,19)13-7-5-12(16)6-8-13/h1-8,14,17H,9H2. The van der Waals surface area contributed by atoms with Crippen LogP contribution in [0.2, 0.25) is 5.02 Å². The van der Waals surface area contributed by atoms with Crippen LogP contribution < -0.4 is 0 Å². The van der Waals surface area contributed by atoms with Gasteiger partial charge in [0.15, 0.2) is 9.84 Å². The predicted molar refractivity (Wildman–Crippen MR) is 82.6 cm³/mol. The minimum absolute atomic E-state index is 0.151. The first-order valence-corrected chi connectivity index (χ1v) is 8.63. The zero-order valence-corrected chi connectivity index (χ0v) is 13.5. The van der Waals surface area contributed by atoms with Crippen molar-refractivity contribution in [3.8, 4) is 0 Å². The van der Waals surface area contributed by atoms with E-state index >= 15 is 0 Å². The molecule has 0 amide bonds. The lowest BCUT2D eigenvalue weighted by Gasteiger charge is -2.12. The Morgan fingerprint density at radius 3 is 2.15 bits per heavy atom. The van der Waals surface area contributed by atoms with Crippen molar-refractivity contribution in [3.63, 3.8) is 0 Å². The molecule has 1 unspecified atom stereocenters. The molecule has 0 heterocycles. The highest BCUT2D eigenvalue weighted by Crippen LogP contribution is 2.22. The second kappa shape index (κ2) is 6.26. The molecule has 106 valence electrons. The van der Waals surface area contributed by atoms with Gasteiger partial charge >= 0.3 is 0 Å². The van der Waals surface area contributed by atoms with E-state index in [0.717, 1.165) is 4.47 Å². The van der Waals surface area contributed by atoms with E-state index in [-0.39, 0.29) is 10.6 Å². The number of halogens is 2. The van der Waals surface area contributed by atoms with Crippen LogP contribution >= 0.6 is 27.5 Å². The van der Waals surface area contributed by atoms with Crippen LogP contribution in [0, 0.1) is 0 Å². The summed E-state index contributed by atoms with van der Waals surface area (Å²) in [6.07, 6.45) is -1.07. The molecule has 0 aliphatic carbocycles. The highest BCUT2D eigenvalue weighted by molar-refractivity contribution is 9.10. The molecule has 0 saturated heterocycles. The van der Waals surface area contributed by atoms with Gasteiger partial charge < -0.3 is 5.11 Å². The topological polar surface area (TPSA) is 54.4 Å². The molecule has 0 aliphatic rings. The summed E-state index contributed by atoms with van der Waals surface area (Å²) in [6, 6.07) is 12.8. The Morgan fingerprint density at radius 2 is 1.60 bits per heavy atom. The molecule has 1 N–H and O–H groups in total. The Labute approximate surface area is 131 Å². The Balaban J connectivity index is 2.19. The molecule has 2 rings (SSSR count). The van der Waals surface area contributed by atoms with E-state index in [4.69, 9.17) is 11.6 Å². The van der Waals surface area contributed by atoms with Crippen LogP contribution in [0.3, 0.4) is 0 Å². The van der Waals surface area contributed by atoms with E-state index in [1.807, 2.05) is 0 Å². The van der Waals surface area contributed by atoms with Crippen LogP contribution in [-0.4, -0.2) is 19.3 Å². The fourth-order valence-electron chi connectivity index (χ4n) is 1.73. The molecule has 0 aliphatic heterocycles. The number of benzene rings is 2. The molecule has 0 saturated carbocycles. The number of sulfone groups is 1. The van der Waals surface area contributed by atoms with Gasteiger partial charge in [0, 0.05) is 9.50 Å². The van der Waals surface area contributed by atoms with E-state index < -0.39 is 15.9 Å². The van der Waals surface area contributed by atoms with E-state index in [1.165, 1.54) is 24.3 Å². The third-order valence-electron chi connectivity index (χ3n) is 2.80. The zero-order valence-electron chi connectivity index (χ0n) is 10.3. The summed E-state index contributed by atoms with van der Waals surface area (Å²) in [5, 5.41) is 10.5. The number of aliphatic hydroxyl groups excluding tert-OH is 1. The van der Waals surface area contributed by atoms with Crippen molar-refractivity contribution in [1.29, 1.82) is 0 Å². The minimum Gasteiger partial charge on any atom is -0.387 e. The first-order chi connectivity index (χ1) is 9.38. The number of hydrogen-bond donors (Lipinski definition) is 1. The van der Waals surface area contributed by atoms with Crippen LogP contribution in [0.25, 0.3) is 0 Å². The van der Waals surface area contributed by atoms with E-state index in [9.17, 15) is 13.5 Å². The average Bonchev–Trinajstić information content (AvgIpc) is 2.39. The second-order valence-corrected chi connectivity index (χ2v) is 7.69. The lowest BCUT2D eigenvalue weighted by Crippen LogP contribution is -2.14. The predicted octanol–water partition coefficient (Wildman–Crippen LogP) is 3.61. The monoisotopic (exact) mass is 374 g/mol. The van der Waals surface area contributed by atoms with Gasteiger partial charge in [-0.05, 0) is 42.0 Å². The molecule has 0 spiro atoms. The SMILES string of the molecule is O=S(=O)(CC(O)c1ccc(Br)cc1)c1ccc(Cl)cc1. The fraction of sp³-hybridized carbons (Fsp3) is 0.143. The van der Waals surface area contributed by atoms with Crippen molar-refractivity contribution in [2.24, 2.45) is 0 Å². The lowest BCUT2D eigenvalue weighted by atomic mass is 10.1. The van der Waals surface area contributed by atoms with Crippen molar-refractivity contribution >= 4 is 37.4 Å². The van der Waals surface area contributed by atoms with Crippen LogP contribution in [0.1, 0.15) is 11.7 Å². The smallest absolute Gasteiger partial charge is 0.181 e. The van der Waals surface area contributed by atoms with Crippen molar-refractivity contribution in [1.82, 2.24) is 0 Å². The first-order valence-electron chi connectivity index (χ1n) is 5.80. The van der Waals surface area contributed by atoms with Gasteiger partial charge in [0.25, 0.3) is 0 Å². The third-order valence-corrected chi connectivity index (χ3v) is 5.33. The van der Waals surface area contributed by atoms with E-state index in [2.05, 4.69) is 15.9 Å². The summed E-state index contributed by atoms with van der Waals surface area (Å²) in [4.78, 5) is 0.151. The molecule has 1 atom stereocenters. The molecule has 0 radical (unpaired) electrons. The molecule has 0 fully saturated rings. The summed E-state index contributed by atoms with van der Waals surface area (Å²) in [5.74, 6) is -0.365. The van der Waals surface area contributed by atoms with Crippen LogP contribution in [0.5, 0.6) is 0 Å². The largest absolute Gasteiger partial charge is 0.387 e. The normalized spacial score (nSPS) is 13.2. The van der Waals surface area contributed by atoms with Crippen molar-refractivity contribution < 1.29 is 13.5 Å². The lowest BCUT2D eigenvalue weighted by molar-refractivity contribution is 0.201. The van der Waals surface area contributed by atoms with Gasteiger partial charge in [-0.3, -0.25) is 0 Å². The summed E-state index contributed by atoms with van der Waals surface area (Å²) in [7, 11) is -3.55. The maximum absolute atomic E-state index is 12.2. The van der Waals surface area contributed by atoms with Crippen LogP contribution in [0.15, 0.2) is 57.9 Å². The Kier molecular flexibility index (Phi) is 4.86. The molecule has 0 bridgehead atoms. The van der Waals surface area contributed by atoms with Gasteiger partial charge in [0.2, 0.25) is 0 Å². The minimum atomic E-state index is -3.55. The van der Waals surface area contributed by atoms with Crippen molar-refractivity contribution in [2.45, 2.75) is 11.0 Å². The molecule has 2 aromatic carbocycles. The number of aliphatic hydroxyl groups is 1. The quantitative estimate of drug-likeness (QED) is 0.888. The van der Waals surface area contributed by atoms with E-state index in [1.54, 1.807) is 24.3 Å². The Morgan fingerprint density at radius 1 is 1.05 bits per heavy atom. The summed E-state index contributed by atoms with van der Waals surface area (Å²) in [6.45, 7) is 0. The molecule has 6 heteroatoms. The molecular formula is C14H12BrClO3S. The first kappa shape index (κ1) is 15.5. The van der Waals surface area contributed by atoms with Crippen molar-refractivity contribution in [3.05, 3.63) is 63.6 Å². The number of hydrogen-bond acceptors (Lipinski definition) is 3. The van der Waals surface area contributed by atoms with Gasteiger partial charge in [-0.25, -0.2) is 8.42 Å². The van der Waals surface area contributed by atoms with Gasteiger partial charge in [-0.1, -0.05) is 39.7 Å². The highest BCUT2D eigenvalue weighted by Gasteiger charge is 2.20. The fourth-order valence-corrected chi connectivity index (χ4v) is 3.47. The molecule has 20 heavy (non-hydrogen) atoms. The molecule has 3 nitrogen and oxygen atoms in total. The second-order valence-electron chi connectivity index (χ2n) is 4.30. The maximum Gasteiger partial charge on any atom is 0.181 e. The van der Waals surface area contributed by atoms with Gasteiger partial charge in [-0.2, -0.15) is 0 Å². The van der Waals surface area contributed by atoms with Crippen molar-refractivity contribution in [2.75, 3.05) is 5.75 Å². The number of rotatable bonds is 4. The zero-order chi connectivity index (χ0) is 14.8.